The number of carbonyl (C=O) groups excluding carboxylic acids is 1. The van der Waals surface area contributed by atoms with Crippen molar-refractivity contribution in [3.05, 3.63) is 46.0 Å². The molecule has 0 unspecified atom stereocenters. The lowest BCUT2D eigenvalue weighted by molar-refractivity contribution is 0.0989. The van der Waals surface area contributed by atoms with Crippen molar-refractivity contribution < 1.29 is 4.79 Å². The van der Waals surface area contributed by atoms with E-state index in [1.165, 1.54) is 6.33 Å². The molecule has 1 aromatic heterocycles. The average molecular weight is 312 g/mol. The van der Waals surface area contributed by atoms with Crippen LogP contribution in [-0.4, -0.2) is 20.5 Å². The first kappa shape index (κ1) is 15.0. The fraction of sp³-hybridized carbons (Fsp3) is 0.357. The van der Waals surface area contributed by atoms with E-state index in [-0.39, 0.29) is 17.2 Å². The van der Waals surface area contributed by atoms with Crippen molar-refractivity contribution in [2.24, 2.45) is 5.92 Å². The maximum absolute atomic E-state index is 12.3. The molecular weight excluding hydrogens is 297 g/mol. The van der Waals surface area contributed by atoms with Crippen molar-refractivity contribution in [1.82, 2.24) is 14.8 Å². The van der Waals surface area contributed by atoms with E-state index in [4.69, 9.17) is 23.2 Å². The molecule has 1 aromatic carbocycles. The number of benzene rings is 1. The Kier molecular flexibility index (Phi) is 4.78. The van der Waals surface area contributed by atoms with Gasteiger partial charge in [-0.25, -0.2) is 9.67 Å². The summed E-state index contributed by atoms with van der Waals surface area (Å²) in [7, 11) is 0. The molecule has 20 heavy (non-hydrogen) atoms. The lowest BCUT2D eigenvalue weighted by Gasteiger charge is -2.09. The quantitative estimate of drug-likeness (QED) is 0.792. The number of halogens is 2. The smallest absolute Gasteiger partial charge is 0.171 e. The van der Waals surface area contributed by atoms with Crippen LogP contribution in [0.15, 0.2) is 24.5 Å². The Morgan fingerprint density at radius 2 is 2.10 bits per heavy atom. The topological polar surface area (TPSA) is 47.8 Å². The summed E-state index contributed by atoms with van der Waals surface area (Å²) >= 11 is 12.0. The molecule has 0 spiro atoms. The van der Waals surface area contributed by atoms with Gasteiger partial charge in [-0.05, 0) is 18.1 Å². The van der Waals surface area contributed by atoms with Crippen molar-refractivity contribution in [2.45, 2.75) is 26.8 Å². The molecule has 1 heterocycles. The molecule has 0 aliphatic heterocycles. The van der Waals surface area contributed by atoms with Crippen LogP contribution in [0.3, 0.4) is 0 Å². The molecule has 0 saturated carbocycles. The van der Waals surface area contributed by atoms with Crippen molar-refractivity contribution in [3.63, 3.8) is 0 Å². The average Bonchev–Trinajstić information content (AvgIpc) is 2.79. The summed E-state index contributed by atoms with van der Waals surface area (Å²) in [6.07, 6.45) is 1.62. The molecule has 6 heteroatoms. The SMILES string of the molecule is CC(C)Cn1ncnc1CC(=O)c1cccc(Cl)c1Cl. The zero-order valence-corrected chi connectivity index (χ0v) is 12.8. The zero-order chi connectivity index (χ0) is 14.7. The van der Waals surface area contributed by atoms with Gasteiger partial charge in [0.1, 0.15) is 12.2 Å². The number of hydrogen-bond acceptors (Lipinski definition) is 3. The van der Waals surface area contributed by atoms with Gasteiger partial charge in [0.25, 0.3) is 0 Å². The maximum atomic E-state index is 12.3. The Morgan fingerprint density at radius 3 is 2.80 bits per heavy atom. The van der Waals surface area contributed by atoms with Gasteiger partial charge in [0.05, 0.1) is 16.5 Å². The van der Waals surface area contributed by atoms with Gasteiger partial charge in [0.15, 0.2) is 5.78 Å². The van der Waals surface area contributed by atoms with Crippen LogP contribution < -0.4 is 0 Å². The minimum atomic E-state index is -0.115. The second-order valence-corrected chi connectivity index (χ2v) is 5.74. The van der Waals surface area contributed by atoms with Crippen LogP contribution in [0.1, 0.15) is 30.0 Å². The standard InChI is InChI=1S/C14H15Cl2N3O/c1-9(2)7-19-13(17-8-18-19)6-12(20)10-4-3-5-11(15)14(10)16/h3-5,8-9H,6-7H2,1-2H3. The number of aromatic nitrogens is 3. The molecule has 2 rings (SSSR count). The molecule has 0 atom stereocenters. The summed E-state index contributed by atoms with van der Waals surface area (Å²) in [5.41, 5.74) is 0.415. The molecule has 106 valence electrons. The highest BCUT2D eigenvalue weighted by Gasteiger charge is 2.16. The van der Waals surface area contributed by atoms with Gasteiger partial charge < -0.3 is 0 Å². The van der Waals surface area contributed by atoms with Crippen molar-refractivity contribution in [1.29, 1.82) is 0 Å². The highest BCUT2D eigenvalue weighted by atomic mass is 35.5. The van der Waals surface area contributed by atoms with Gasteiger partial charge >= 0.3 is 0 Å². The largest absolute Gasteiger partial charge is 0.294 e. The van der Waals surface area contributed by atoms with E-state index >= 15 is 0 Å². The van der Waals surface area contributed by atoms with E-state index in [1.54, 1.807) is 22.9 Å². The minimum Gasteiger partial charge on any atom is -0.294 e. The van der Waals surface area contributed by atoms with Crippen LogP contribution in [0, 0.1) is 5.92 Å². The first-order chi connectivity index (χ1) is 9.49. The lowest BCUT2D eigenvalue weighted by Crippen LogP contribution is -2.14. The molecular formula is C14H15Cl2N3O. The number of rotatable bonds is 5. The second-order valence-electron chi connectivity index (χ2n) is 4.95. The van der Waals surface area contributed by atoms with E-state index in [0.29, 0.717) is 22.3 Å². The molecule has 0 fully saturated rings. The molecule has 4 nitrogen and oxygen atoms in total. The summed E-state index contributed by atoms with van der Waals surface area (Å²) < 4.78 is 1.75. The van der Waals surface area contributed by atoms with Gasteiger partial charge in [-0.1, -0.05) is 43.1 Å². The fourth-order valence-corrected chi connectivity index (χ4v) is 2.29. The van der Waals surface area contributed by atoms with Crippen LogP contribution in [0.25, 0.3) is 0 Å². The van der Waals surface area contributed by atoms with Crippen LogP contribution in [-0.2, 0) is 13.0 Å². The Labute approximate surface area is 127 Å². The van der Waals surface area contributed by atoms with Gasteiger partial charge in [-0.2, -0.15) is 5.10 Å². The Morgan fingerprint density at radius 1 is 1.35 bits per heavy atom. The second kappa shape index (κ2) is 6.37. The molecule has 0 bridgehead atoms. The predicted molar refractivity (Wildman–Crippen MR) is 79.4 cm³/mol. The highest BCUT2D eigenvalue weighted by molar-refractivity contribution is 6.43. The number of Topliss-reactive ketones (excluding diaryl/α,β-unsaturated/α-hetero) is 1. The summed E-state index contributed by atoms with van der Waals surface area (Å²) in [6.45, 7) is 4.90. The van der Waals surface area contributed by atoms with Crippen LogP contribution in [0.2, 0.25) is 10.0 Å². The third kappa shape index (κ3) is 3.38. The first-order valence-electron chi connectivity index (χ1n) is 6.33. The van der Waals surface area contributed by atoms with Gasteiger partial charge in [0, 0.05) is 12.1 Å². The molecule has 0 radical (unpaired) electrons. The maximum Gasteiger partial charge on any atom is 0.171 e. The summed E-state index contributed by atoms with van der Waals surface area (Å²) in [4.78, 5) is 16.4. The first-order valence-corrected chi connectivity index (χ1v) is 7.08. The molecule has 0 aliphatic rings. The number of nitrogens with zero attached hydrogens (tertiary/aromatic N) is 3. The molecule has 0 saturated heterocycles. The number of carbonyl (C=O) groups is 1. The van der Waals surface area contributed by atoms with E-state index in [2.05, 4.69) is 23.9 Å². The summed E-state index contributed by atoms with van der Waals surface area (Å²) in [6, 6.07) is 5.03. The third-order valence-electron chi connectivity index (χ3n) is 2.80. The van der Waals surface area contributed by atoms with Crippen LogP contribution in [0.4, 0.5) is 0 Å². The van der Waals surface area contributed by atoms with Gasteiger partial charge in [-0.3, -0.25) is 4.79 Å². The minimum absolute atomic E-state index is 0.115. The zero-order valence-electron chi connectivity index (χ0n) is 11.3. The molecule has 0 amide bonds. The van der Waals surface area contributed by atoms with Gasteiger partial charge in [0.2, 0.25) is 0 Å². The predicted octanol–water partition coefficient (Wildman–Crippen LogP) is 3.67. The molecule has 0 N–H and O–H groups in total. The molecule has 0 aliphatic carbocycles. The Bertz CT molecular complexity index is 623. The van der Waals surface area contributed by atoms with Crippen molar-refractivity contribution in [3.8, 4) is 0 Å². The summed E-state index contributed by atoms with van der Waals surface area (Å²) in [5.74, 6) is 0.954. The third-order valence-corrected chi connectivity index (χ3v) is 3.62. The monoisotopic (exact) mass is 311 g/mol. The lowest BCUT2D eigenvalue weighted by atomic mass is 10.1. The van der Waals surface area contributed by atoms with E-state index in [9.17, 15) is 4.79 Å². The van der Waals surface area contributed by atoms with E-state index < -0.39 is 0 Å². The fourth-order valence-electron chi connectivity index (χ4n) is 1.88. The summed E-state index contributed by atoms with van der Waals surface area (Å²) in [5, 5.41) is 4.80. The van der Waals surface area contributed by atoms with Crippen LogP contribution >= 0.6 is 23.2 Å². The number of ketones is 1. The molecule has 2 aromatic rings. The van der Waals surface area contributed by atoms with Crippen LogP contribution in [0.5, 0.6) is 0 Å². The van der Waals surface area contributed by atoms with E-state index in [1.807, 2.05) is 0 Å². The Hall–Kier alpha value is -1.39. The number of hydrogen-bond donors (Lipinski definition) is 0. The highest BCUT2D eigenvalue weighted by Crippen LogP contribution is 2.26. The van der Waals surface area contributed by atoms with E-state index in [0.717, 1.165) is 6.54 Å². The normalized spacial score (nSPS) is 11.1. The van der Waals surface area contributed by atoms with Crippen molar-refractivity contribution >= 4 is 29.0 Å². The Balaban J connectivity index is 2.20. The van der Waals surface area contributed by atoms with Crippen molar-refractivity contribution in [2.75, 3.05) is 0 Å². The van der Waals surface area contributed by atoms with Gasteiger partial charge in [-0.15, -0.1) is 0 Å².